The predicted octanol–water partition coefficient (Wildman–Crippen LogP) is 3.53. The standard InChI is InChI=1S/C10H5BrClN3/c11-5-1-2-7-6(3-5)9-8(4-13-7)14-15-10(9)12/h1-4H,(H,14,15). The van der Waals surface area contributed by atoms with Crippen molar-refractivity contribution in [1.82, 2.24) is 15.2 Å². The Kier molecular flexibility index (Phi) is 1.94. The highest BCUT2D eigenvalue weighted by Crippen LogP contribution is 2.29. The van der Waals surface area contributed by atoms with Crippen LogP contribution in [0.25, 0.3) is 21.8 Å². The van der Waals surface area contributed by atoms with Crippen molar-refractivity contribution in [2.24, 2.45) is 0 Å². The van der Waals surface area contributed by atoms with E-state index in [0.29, 0.717) is 5.15 Å². The molecule has 0 aliphatic rings. The van der Waals surface area contributed by atoms with Crippen molar-refractivity contribution in [2.45, 2.75) is 0 Å². The fourth-order valence-electron chi connectivity index (χ4n) is 1.63. The van der Waals surface area contributed by atoms with Gasteiger partial charge in [-0.05, 0) is 18.2 Å². The molecule has 0 saturated heterocycles. The number of hydrogen-bond donors (Lipinski definition) is 1. The molecule has 3 rings (SSSR count). The Balaban J connectivity index is 2.61. The molecule has 0 spiro atoms. The summed E-state index contributed by atoms with van der Waals surface area (Å²) >= 11 is 9.47. The summed E-state index contributed by atoms with van der Waals surface area (Å²) in [6, 6.07) is 5.89. The third-order valence-corrected chi connectivity index (χ3v) is 3.07. The summed E-state index contributed by atoms with van der Waals surface area (Å²) in [7, 11) is 0. The smallest absolute Gasteiger partial charge is 0.132 e. The first-order chi connectivity index (χ1) is 7.25. The van der Waals surface area contributed by atoms with Crippen LogP contribution in [0, 0.1) is 0 Å². The number of pyridine rings is 1. The number of H-pyrrole nitrogens is 1. The van der Waals surface area contributed by atoms with Crippen LogP contribution in [0.5, 0.6) is 0 Å². The lowest BCUT2D eigenvalue weighted by Gasteiger charge is -1.99. The van der Waals surface area contributed by atoms with Gasteiger partial charge in [0.2, 0.25) is 0 Å². The van der Waals surface area contributed by atoms with Crippen molar-refractivity contribution in [3.63, 3.8) is 0 Å². The highest BCUT2D eigenvalue weighted by molar-refractivity contribution is 9.10. The maximum absolute atomic E-state index is 6.04. The van der Waals surface area contributed by atoms with Crippen LogP contribution in [0.1, 0.15) is 0 Å². The van der Waals surface area contributed by atoms with Crippen LogP contribution in [0.4, 0.5) is 0 Å². The SMILES string of the molecule is Clc1[nH]nc2cnc3ccc(Br)cc3c12. The Hall–Kier alpha value is -1.13. The molecule has 0 unspecified atom stereocenters. The predicted molar refractivity (Wildman–Crippen MR) is 64.1 cm³/mol. The molecule has 0 amide bonds. The average molecular weight is 283 g/mol. The zero-order valence-electron chi connectivity index (χ0n) is 7.46. The van der Waals surface area contributed by atoms with Gasteiger partial charge in [0.1, 0.15) is 10.7 Å². The first-order valence-electron chi connectivity index (χ1n) is 4.33. The molecule has 0 bridgehead atoms. The minimum atomic E-state index is 0.551. The molecule has 0 atom stereocenters. The van der Waals surface area contributed by atoms with Crippen molar-refractivity contribution < 1.29 is 0 Å². The summed E-state index contributed by atoms with van der Waals surface area (Å²) in [5.41, 5.74) is 1.69. The average Bonchev–Trinajstić information content (AvgIpc) is 2.60. The number of aromatic nitrogens is 3. The van der Waals surface area contributed by atoms with E-state index in [0.717, 1.165) is 26.3 Å². The first-order valence-corrected chi connectivity index (χ1v) is 5.50. The lowest BCUT2D eigenvalue weighted by Crippen LogP contribution is -1.80. The summed E-state index contributed by atoms with van der Waals surface area (Å²) in [5, 5.41) is 9.28. The van der Waals surface area contributed by atoms with E-state index >= 15 is 0 Å². The zero-order valence-corrected chi connectivity index (χ0v) is 9.80. The Bertz CT molecular complexity index is 662. The molecular weight excluding hydrogens is 277 g/mol. The van der Waals surface area contributed by atoms with Crippen molar-refractivity contribution in [1.29, 1.82) is 0 Å². The van der Waals surface area contributed by atoms with Gasteiger partial charge in [0.05, 0.1) is 11.7 Å². The van der Waals surface area contributed by atoms with Gasteiger partial charge in [0, 0.05) is 15.2 Å². The highest BCUT2D eigenvalue weighted by atomic mass is 79.9. The fourth-order valence-corrected chi connectivity index (χ4v) is 2.24. The van der Waals surface area contributed by atoms with Gasteiger partial charge in [0.25, 0.3) is 0 Å². The van der Waals surface area contributed by atoms with Crippen molar-refractivity contribution in [3.8, 4) is 0 Å². The van der Waals surface area contributed by atoms with Crippen molar-refractivity contribution in [2.75, 3.05) is 0 Å². The van der Waals surface area contributed by atoms with Gasteiger partial charge in [-0.25, -0.2) is 0 Å². The Morgan fingerprint density at radius 2 is 2.13 bits per heavy atom. The molecule has 0 saturated carbocycles. The molecule has 2 heterocycles. The second-order valence-electron chi connectivity index (χ2n) is 3.22. The van der Waals surface area contributed by atoms with Crippen LogP contribution in [-0.2, 0) is 0 Å². The van der Waals surface area contributed by atoms with E-state index < -0.39 is 0 Å². The van der Waals surface area contributed by atoms with Crippen LogP contribution in [0.3, 0.4) is 0 Å². The first kappa shape index (κ1) is 9.12. The third kappa shape index (κ3) is 1.33. The fraction of sp³-hybridized carbons (Fsp3) is 0. The molecule has 0 aliphatic carbocycles. The number of halogens is 2. The maximum Gasteiger partial charge on any atom is 0.132 e. The van der Waals surface area contributed by atoms with Crippen LogP contribution in [0.2, 0.25) is 5.15 Å². The van der Waals surface area contributed by atoms with Gasteiger partial charge in [-0.3, -0.25) is 10.1 Å². The van der Waals surface area contributed by atoms with E-state index in [2.05, 4.69) is 31.1 Å². The Morgan fingerprint density at radius 1 is 1.27 bits per heavy atom. The minimum Gasteiger partial charge on any atom is -0.266 e. The Morgan fingerprint density at radius 3 is 3.00 bits per heavy atom. The van der Waals surface area contributed by atoms with Gasteiger partial charge >= 0.3 is 0 Å². The quantitative estimate of drug-likeness (QED) is 0.685. The highest BCUT2D eigenvalue weighted by Gasteiger charge is 2.08. The van der Waals surface area contributed by atoms with Crippen LogP contribution >= 0.6 is 27.5 Å². The van der Waals surface area contributed by atoms with Gasteiger partial charge in [-0.1, -0.05) is 27.5 Å². The lowest BCUT2D eigenvalue weighted by atomic mass is 10.1. The van der Waals surface area contributed by atoms with E-state index in [1.807, 2.05) is 18.2 Å². The van der Waals surface area contributed by atoms with Crippen molar-refractivity contribution in [3.05, 3.63) is 34.0 Å². The molecule has 3 aromatic rings. The van der Waals surface area contributed by atoms with Gasteiger partial charge in [-0.15, -0.1) is 0 Å². The molecule has 3 nitrogen and oxygen atoms in total. The van der Waals surface area contributed by atoms with E-state index in [1.165, 1.54) is 0 Å². The summed E-state index contributed by atoms with van der Waals surface area (Å²) in [4.78, 5) is 4.30. The van der Waals surface area contributed by atoms with E-state index in [-0.39, 0.29) is 0 Å². The topological polar surface area (TPSA) is 41.6 Å². The van der Waals surface area contributed by atoms with Gasteiger partial charge in [-0.2, -0.15) is 5.10 Å². The van der Waals surface area contributed by atoms with Crippen LogP contribution in [0.15, 0.2) is 28.9 Å². The molecule has 15 heavy (non-hydrogen) atoms. The number of hydrogen-bond acceptors (Lipinski definition) is 2. The molecule has 1 N–H and O–H groups in total. The number of nitrogens with one attached hydrogen (secondary N) is 1. The monoisotopic (exact) mass is 281 g/mol. The van der Waals surface area contributed by atoms with Crippen LogP contribution in [-0.4, -0.2) is 15.2 Å². The molecule has 74 valence electrons. The summed E-state index contributed by atoms with van der Waals surface area (Å²) < 4.78 is 1.00. The largest absolute Gasteiger partial charge is 0.266 e. The maximum atomic E-state index is 6.04. The molecule has 2 aromatic heterocycles. The molecule has 0 radical (unpaired) electrons. The van der Waals surface area contributed by atoms with Crippen LogP contribution < -0.4 is 0 Å². The normalized spacial score (nSPS) is 11.3. The second-order valence-corrected chi connectivity index (χ2v) is 4.51. The molecular formula is C10H5BrClN3. The number of nitrogens with zero attached hydrogens (tertiary/aromatic N) is 2. The number of benzene rings is 1. The number of fused-ring (bicyclic) bond motifs is 3. The van der Waals surface area contributed by atoms with E-state index in [1.54, 1.807) is 6.20 Å². The van der Waals surface area contributed by atoms with Gasteiger partial charge < -0.3 is 0 Å². The van der Waals surface area contributed by atoms with Gasteiger partial charge in [0.15, 0.2) is 0 Å². The number of rotatable bonds is 0. The summed E-state index contributed by atoms with van der Waals surface area (Å²) in [6.07, 6.45) is 1.72. The Labute approximate surface area is 98.6 Å². The minimum absolute atomic E-state index is 0.551. The second kappa shape index (κ2) is 3.18. The van der Waals surface area contributed by atoms with E-state index in [4.69, 9.17) is 11.6 Å². The van der Waals surface area contributed by atoms with E-state index in [9.17, 15) is 0 Å². The lowest BCUT2D eigenvalue weighted by molar-refractivity contribution is 1.12. The number of aromatic amines is 1. The summed E-state index contributed by atoms with van der Waals surface area (Å²) in [5.74, 6) is 0. The molecule has 5 heteroatoms. The molecule has 0 aliphatic heterocycles. The zero-order chi connectivity index (χ0) is 10.4. The molecule has 1 aromatic carbocycles. The third-order valence-electron chi connectivity index (χ3n) is 2.30. The van der Waals surface area contributed by atoms with Crippen molar-refractivity contribution >= 4 is 49.3 Å². The summed E-state index contributed by atoms with van der Waals surface area (Å²) in [6.45, 7) is 0. The molecule has 0 fully saturated rings.